The quantitative estimate of drug-likeness (QED) is 0.833. The number of rotatable bonds is 6. The van der Waals surface area contributed by atoms with Crippen LogP contribution in [0, 0.1) is 0 Å². The van der Waals surface area contributed by atoms with Crippen molar-refractivity contribution < 1.29 is 10.2 Å². The minimum Gasteiger partial charge on any atom is -0.396 e. The van der Waals surface area contributed by atoms with E-state index in [0.29, 0.717) is 0 Å². The van der Waals surface area contributed by atoms with E-state index in [9.17, 15) is 0 Å². The lowest BCUT2D eigenvalue weighted by atomic mass is 10.0. The first-order chi connectivity index (χ1) is 9.31. The third-order valence-corrected chi connectivity index (χ3v) is 3.26. The van der Waals surface area contributed by atoms with Crippen molar-refractivity contribution in [2.45, 2.75) is 19.3 Å². The SMILES string of the molecule is OCCc1ccc(Cc2ccc(CCO)cc2)cc1. The third-order valence-electron chi connectivity index (χ3n) is 3.26. The van der Waals surface area contributed by atoms with Crippen molar-refractivity contribution in [2.24, 2.45) is 0 Å². The standard InChI is InChI=1S/C17H20O2/c18-11-9-14-1-5-16(6-2-14)13-17-7-3-15(4-8-17)10-12-19/h1-8,18-19H,9-13H2. The zero-order valence-corrected chi connectivity index (χ0v) is 11.0. The maximum absolute atomic E-state index is 8.88. The third kappa shape index (κ3) is 4.19. The van der Waals surface area contributed by atoms with Crippen molar-refractivity contribution in [2.75, 3.05) is 13.2 Å². The van der Waals surface area contributed by atoms with Crippen molar-refractivity contribution in [1.82, 2.24) is 0 Å². The van der Waals surface area contributed by atoms with Crippen LogP contribution in [0.25, 0.3) is 0 Å². The highest BCUT2D eigenvalue weighted by Crippen LogP contribution is 2.12. The van der Waals surface area contributed by atoms with Gasteiger partial charge in [-0.15, -0.1) is 0 Å². The molecule has 19 heavy (non-hydrogen) atoms. The van der Waals surface area contributed by atoms with E-state index in [1.54, 1.807) is 0 Å². The topological polar surface area (TPSA) is 40.5 Å². The fourth-order valence-electron chi connectivity index (χ4n) is 2.14. The van der Waals surface area contributed by atoms with Crippen LogP contribution in [0.2, 0.25) is 0 Å². The second-order valence-electron chi connectivity index (χ2n) is 4.76. The molecule has 2 aromatic rings. The van der Waals surface area contributed by atoms with Crippen molar-refractivity contribution in [3.63, 3.8) is 0 Å². The highest BCUT2D eigenvalue weighted by Gasteiger charge is 1.98. The lowest BCUT2D eigenvalue weighted by Crippen LogP contribution is -1.94. The van der Waals surface area contributed by atoms with Gasteiger partial charge in [0.1, 0.15) is 0 Å². The van der Waals surface area contributed by atoms with Crippen LogP contribution in [-0.4, -0.2) is 23.4 Å². The molecular formula is C17H20O2. The summed E-state index contributed by atoms with van der Waals surface area (Å²) in [6, 6.07) is 16.8. The Labute approximate surface area is 114 Å². The first-order valence-electron chi connectivity index (χ1n) is 6.69. The number of aliphatic hydroxyl groups excluding tert-OH is 2. The minimum absolute atomic E-state index is 0.200. The molecule has 2 nitrogen and oxygen atoms in total. The molecule has 0 spiro atoms. The largest absolute Gasteiger partial charge is 0.396 e. The maximum atomic E-state index is 8.88. The summed E-state index contributed by atoms with van der Waals surface area (Å²) >= 11 is 0. The average Bonchev–Trinajstić information content (AvgIpc) is 2.44. The Morgan fingerprint density at radius 2 is 0.842 bits per heavy atom. The first-order valence-corrected chi connectivity index (χ1v) is 6.69. The van der Waals surface area contributed by atoms with Crippen molar-refractivity contribution in [1.29, 1.82) is 0 Å². The van der Waals surface area contributed by atoms with Gasteiger partial charge in [-0.3, -0.25) is 0 Å². The van der Waals surface area contributed by atoms with Crippen LogP contribution in [0.1, 0.15) is 22.3 Å². The van der Waals surface area contributed by atoms with E-state index >= 15 is 0 Å². The molecule has 0 amide bonds. The van der Waals surface area contributed by atoms with Crippen LogP contribution in [0.4, 0.5) is 0 Å². The summed E-state index contributed by atoms with van der Waals surface area (Å²) < 4.78 is 0. The van der Waals surface area contributed by atoms with Crippen LogP contribution >= 0.6 is 0 Å². The Hall–Kier alpha value is -1.64. The first kappa shape index (κ1) is 13.8. The van der Waals surface area contributed by atoms with Crippen molar-refractivity contribution in [3.8, 4) is 0 Å². The molecule has 0 saturated carbocycles. The minimum atomic E-state index is 0.200. The van der Waals surface area contributed by atoms with Gasteiger partial charge >= 0.3 is 0 Å². The van der Waals surface area contributed by atoms with Crippen LogP contribution in [0.3, 0.4) is 0 Å². The summed E-state index contributed by atoms with van der Waals surface area (Å²) in [6.45, 7) is 0.400. The summed E-state index contributed by atoms with van der Waals surface area (Å²) in [5, 5.41) is 17.8. The van der Waals surface area contributed by atoms with Gasteiger partial charge in [0.2, 0.25) is 0 Å². The lowest BCUT2D eigenvalue weighted by molar-refractivity contribution is 0.299. The van der Waals surface area contributed by atoms with Gasteiger partial charge in [-0.05, 0) is 41.5 Å². The second kappa shape index (κ2) is 7.07. The van der Waals surface area contributed by atoms with Crippen LogP contribution in [-0.2, 0) is 19.3 Å². The van der Waals surface area contributed by atoms with E-state index in [4.69, 9.17) is 10.2 Å². The maximum Gasteiger partial charge on any atom is 0.0471 e. The summed E-state index contributed by atoms with van der Waals surface area (Å²) in [5.74, 6) is 0. The molecule has 0 aromatic heterocycles. The second-order valence-corrected chi connectivity index (χ2v) is 4.76. The Kier molecular flexibility index (Phi) is 5.13. The molecule has 2 aromatic carbocycles. The van der Waals surface area contributed by atoms with Gasteiger partial charge in [-0.2, -0.15) is 0 Å². The Morgan fingerprint density at radius 1 is 0.526 bits per heavy atom. The fourth-order valence-corrected chi connectivity index (χ4v) is 2.14. The molecule has 0 saturated heterocycles. The van der Waals surface area contributed by atoms with Gasteiger partial charge in [0.25, 0.3) is 0 Å². The molecule has 0 bridgehead atoms. The zero-order valence-electron chi connectivity index (χ0n) is 11.0. The molecule has 2 N–H and O–H groups in total. The monoisotopic (exact) mass is 256 g/mol. The van der Waals surface area contributed by atoms with E-state index in [0.717, 1.165) is 19.3 Å². The molecule has 0 aliphatic carbocycles. The molecule has 0 aliphatic heterocycles. The number of benzene rings is 2. The highest BCUT2D eigenvalue weighted by atomic mass is 16.3. The predicted molar refractivity (Wildman–Crippen MR) is 77.3 cm³/mol. The van der Waals surface area contributed by atoms with Gasteiger partial charge < -0.3 is 10.2 Å². The molecule has 2 rings (SSSR count). The van der Waals surface area contributed by atoms with E-state index in [1.807, 2.05) is 0 Å². The molecule has 0 atom stereocenters. The van der Waals surface area contributed by atoms with E-state index in [-0.39, 0.29) is 13.2 Å². The number of aliphatic hydroxyl groups is 2. The molecule has 0 fully saturated rings. The zero-order chi connectivity index (χ0) is 13.5. The van der Waals surface area contributed by atoms with Gasteiger partial charge in [0.05, 0.1) is 0 Å². The van der Waals surface area contributed by atoms with Gasteiger partial charge in [0.15, 0.2) is 0 Å². The summed E-state index contributed by atoms with van der Waals surface area (Å²) in [5.41, 5.74) is 4.89. The van der Waals surface area contributed by atoms with E-state index < -0.39 is 0 Å². The molecule has 0 unspecified atom stereocenters. The fraction of sp³-hybridized carbons (Fsp3) is 0.294. The van der Waals surface area contributed by atoms with Crippen LogP contribution < -0.4 is 0 Å². The Morgan fingerprint density at radius 3 is 1.16 bits per heavy atom. The molecule has 0 aliphatic rings. The molecule has 0 radical (unpaired) electrons. The number of hydrogen-bond donors (Lipinski definition) is 2. The Balaban J connectivity index is 1.99. The van der Waals surface area contributed by atoms with Gasteiger partial charge in [0, 0.05) is 13.2 Å². The number of hydrogen-bond acceptors (Lipinski definition) is 2. The summed E-state index contributed by atoms with van der Waals surface area (Å²) in [6.07, 6.45) is 2.35. The van der Waals surface area contributed by atoms with E-state index in [2.05, 4.69) is 48.5 Å². The van der Waals surface area contributed by atoms with Crippen LogP contribution in [0.5, 0.6) is 0 Å². The summed E-state index contributed by atoms with van der Waals surface area (Å²) in [4.78, 5) is 0. The molecular weight excluding hydrogens is 236 g/mol. The normalized spacial score (nSPS) is 10.6. The van der Waals surface area contributed by atoms with Gasteiger partial charge in [-0.25, -0.2) is 0 Å². The summed E-state index contributed by atoms with van der Waals surface area (Å²) in [7, 11) is 0. The van der Waals surface area contributed by atoms with Crippen molar-refractivity contribution in [3.05, 3.63) is 70.8 Å². The predicted octanol–water partition coefficient (Wildman–Crippen LogP) is 2.35. The molecule has 2 heteroatoms. The highest BCUT2D eigenvalue weighted by molar-refractivity contribution is 5.30. The smallest absolute Gasteiger partial charge is 0.0471 e. The Bertz CT molecular complexity index is 438. The van der Waals surface area contributed by atoms with Crippen LogP contribution in [0.15, 0.2) is 48.5 Å². The van der Waals surface area contributed by atoms with Crippen molar-refractivity contribution >= 4 is 0 Å². The molecule has 100 valence electrons. The van der Waals surface area contributed by atoms with Gasteiger partial charge in [-0.1, -0.05) is 48.5 Å². The molecule has 0 heterocycles. The average molecular weight is 256 g/mol. The lowest BCUT2D eigenvalue weighted by Gasteiger charge is -2.05. The van der Waals surface area contributed by atoms with E-state index in [1.165, 1.54) is 22.3 Å².